The molecule has 4 N–H and O–H groups in total. The lowest BCUT2D eigenvalue weighted by Crippen LogP contribution is -2.37. The molecule has 134 valence electrons. The molecule has 1 aromatic heterocycles. The summed E-state index contributed by atoms with van der Waals surface area (Å²) >= 11 is 0. The summed E-state index contributed by atoms with van der Waals surface area (Å²) in [5, 5.41) is 12.1. The van der Waals surface area contributed by atoms with E-state index in [9.17, 15) is 14.4 Å². The van der Waals surface area contributed by atoms with Crippen LogP contribution in [0, 0.1) is 11.8 Å². The van der Waals surface area contributed by atoms with E-state index in [4.69, 9.17) is 5.21 Å². The SMILES string of the molecule is CC(C)C[C@H](CC(=O)NO)C(=O)NCC(=O)c1c[nH]c2ccccc12. The molecule has 1 atom stereocenters. The fourth-order valence-corrected chi connectivity index (χ4v) is 2.83. The molecule has 1 aromatic carbocycles. The predicted octanol–water partition coefficient (Wildman–Crippen LogP) is 2.02. The Labute approximate surface area is 145 Å². The van der Waals surface area contributed by atoms with Crippen LogP contribution in [0.25, 0.3) is 10.9 Å². The first-order chi connectivity index (χ1) is 11.9. The Morgan fingerprint density at radius 3 is 2.60 bits per heavy atom. The maximum absolute atomic E-state index is 12.4. The summed E-state index contributed by atoms with van der Waals surface area (Å²) < 4.78 is 0. The zero-order valence-electron chi connectivity index (χ0n) is 14.3. The van der Waals surface area contributed by atoms with Crippen LogP contribution in [0.4, 0.5) is 0 Å². The molecule has 0 unspecified atom stereocenters. The highest BCUT2D eigenvalue weighted by Crippen LogP contribution is 2.18. The number of aromatic nitrogens is 1. The number of H-pyrrole nitrogens is 1. The molecule has 0 bridgehead atoms. The zero-order valence-corrected chi connectivity index (χ0v) is 14.3. The van der Waals surface area contributed by atoms with Gasteiger partial charge in [-0.1, -0.05) is 32.0 Å². The first-order valence-electron chi connectivity index (χ1n) is 8.22. The van der Waals surface area contributed by atoms with Gasteiger partial charge in [-0.3, -0.25) is 19.6 Å². The Morgan fingerprint density at radius 1 is 1.20 bits per heavy atom. The second-order valence-corrected chi connectivity index (χ2v) is 6.45. The minimum absolute atomic E-state index is 0.123. The lowest BCUT2D eigenvalue weighted by Gasteiger charge is -2.17. The second-order valence-electron chi connectivity index (χ2n) is 6.45. The van der Waals surface area contributed by atoms with Crippen LogP contribution in [0.15, 0.2) is 30.5 Å². The molecule has 0 saturated carbocycles. The molecule has 0 spiro atoms. The van der Waals surface area contributed by atoms with Gasteiger partial charge in [-0.05, 0) is 18.4 Å². The average molecular weight is 345 g/mol. The molecular formula is C18H23N3O4. The summed E-state index contributed by atoms with van der Waals surface area (Å²) in [5.41, 5.74) is 2.91. The van der Waals surface area contributed by atoms with Crippen LogP contribution in [-0.4, -0.2) is 34.3 Å². The van der Waals surface area contributed by atoms with Gasteiger partial charge >= 0.3 is 0 Å². The maximum Gasteiger partial charge on any atom is 0.244 e. The molecule has 0 aliphatic rings. The van der Waals surface area contributed by atoms with Crippen LogP contribution in [0.3, 0.4) is 0 Å². The quantitative estimate of drug-likeness (QED) is 0.333. The van der Waals surface area contributed by atoms with E-state index in [0.29, 0.717) is 12.0 Å². The number of hydrogen-bond acceptors (Lipinski definition) is 4. The van der Waals surface area contributed by atoms with Crippen molar-refractivity contribution in [2.24, 2.45) is 11.8 Å². The maximum atomic E-state index is 12.4. The Hall–Kier alpha value is -2.67. The van der Waals surface area contributed by atoms with Gasteiger partial charge in [0.05, 0.1) is 6.54 Å². The van der Waals surface area contributed by atoms with Gasteiger partial charge in [0.1, 0.15) is 0 Å². The Balaban J connectivity index is 2.01. The van der Waals surface area contributed by atoms with E-state index >= 15 is 0 Å². The van der Waals surface area contributed by atoms with Crippen LogP contribution in [0.2, 0.25) is 0 Å². The lowest BCUT2D eigenvalue weighted by atomic mass is 9.93. The summed E-state index contributed by atoms with van der Waals surface area (Å²) in [6.07, 6.45) is 1.99. The monoisotopic (exact) mass is 345 g/mol. The average Bonchev–Trinajstić information content (AvgIpc) is 3.02. The van der Waals surface area contributed by atoms with Gasteiger partial charge < -0.3 is 10.3 Å². The van der Waals surface area contributed by atoms with E-state index in [1.165, 1.54) is 0 Å². The van der Waals surface area contributed by atoms with Crippen molar-refractivity contribution in [3.8, 4) is 0 Å². The van der Waals surface area contributed by atoms with Crippen LogP contribution >= 0.6 is 0 Å². The lowest BCUT2D eigenvalue weighted by molar-refractivity contribution is -0.135. The van der Waals surface area contributed by atoms with Crippen LogP contribution in [0.5, 0.6) is 0 Å². The third-order valence-corrected chi connectivity index (χ3v) is 4.00. The molecule has 7 heteroatoms. The van der Waals surface area contributed by atoms with Crippen molar-refractivity contribution < 1.29 is 19.6 Å². The Morgan fingerprint density at radius 2 is 1.92 bits per heavy atom. The number of nitrogens with one attached hydrogen (secondary N) is 3. The van der Waals surface area contributed by atoms with Crippen molar-refractivity contribution in [1.82, 2.24) is 15.8 Å². The first kappa shape index (κ1) is 18.7. The molecule has 7 nitrogen and oxygen atoms in total. The van der Waals surface area contributed by atoms with E-state index in [2.05, 4.69) is 10.3 Å². The van der Waals surface area contributed by atoms with E-state index in [-0.39, 0.29) is 30.6 Å². The number of hydroxylamine groups is 1. The van der Waals surface area contributed by atoms with E-state index in [1.54, 1.807) is 11.7 Å². The smallest absolute Gasteiger partial charge is 0.244 e. The Bertz CT molecular complexity index is 767. The van der Waals surface area contributed by atoms with Crippen molar-refractivity contribution in [2.75, 3.05) is 6.54 Å². The highest BCUT2D eigenvalue weighted by molar-refractivity contribution is 6.09. The minimum atomic E-state index is -0.622. The summed E-state index contributed by atoms with van der Waals surface area (Å²) in [7, 11) is 0. The van der Waals surface area contributed by atoms with Gasteiger partial charge in [0.2, 0.25) is 11.8 Å². The van der Waals surface area contributed by atoms with E-state index < -0.39 is 11.8 Å². The number of hydrogen-bond donors (Lipinski definition) is 4. The van der Waals surface area contributed by atoms with Gasteiger partial charge in [0.15, 0.2) is 5.78 Å². The number of carbonyl (C=O) groups excluding carboxylic acids is 3. The summed E-state index contributed by atoms with van der Waals surface area (Å²) in [6, 6.07) is 7.43. The third kappa shape index (κ3) is 4.90. The molecule has 0 fully saturated rings. The zero-order chi connectivity index (χ0) is 18.4. The number of Topliss-reactive ketones (excluding diaryl/α,β-unsaturated/α-hetero) is 1. The Kier molecular flexibility index (Phi) is 6.30. The third-order valence-electron chi connectivity index (χ3n) is 4.00. The van der Waals surface area contributed by atoms with Crippen molar-refractivity contribution in [2.45, 2.75) is 26.7 Å². The molecule has 2 rings (SSSR count). The minimum Gasteiger partial charge on any atom is -0.360 e. The molecule has 0 saturated heterocycles. The largest absolute Gasteiger partial charge is 0.360 e. The number of para-hydroxylation sites is 1. The summed E-state index contributed by atoms with van der Waals surface area (Å²) in [6.45, 7) is 3.73. The summed E-state index contributed by atoms with van der Waals surface area (Å²) in [5.74, 6) is -1.59. The van der Waals surface area contributed by atoms with Crippen molar-refractivity contribution in [3.63, 3.8) is 0 Å². The number of carbonyl (C=O) groups is 3. The standard InChI is InChI=1S/C18H23N3O4/c1-11(2)7-12(8-17(23)21-25)18(24)20-10-16(22)14-9-19-15-6-4-3-5-13(14)15/h3-6,9,11-12,19,25H,7-8,10H2,1-2H3,(H,20,24)(H,21,23)/t12-/m1/s1. The van der Waals surface area contributed by atoms with Crippen molar-refractivity contribution in [3.05, 3.63) is 36.0 Å². The molecule has 1 heterocycles. The highest BCUT2D eigenvalue weighted by Gasteiger charge is 2.23. The number of fused-ring (bicyclic) bond motifs is 1. The molecule has 0 aliphatic heterocycles. The first-order valence-corrected chi connectivity index (χ1v) is 8.22. The molecule has 0 radical (unpaired) electrons. The highest BCUT2D eigenvalue weighted by atomic mass is 16.5. The number of aromatic amines is 1. The normalized spacial score (nSPS) is 12.2. The molecular weight excluding hydrogens is 322 g/mol. The number of amides is 2. The predicted molar refractivity (Wildman–Crippen MR) is 93.1 cm³/mol. The van der Waals surface area contributed by atoms with Crippen LogP contribution in [-0.2, 0) is 9.59 Å². The van der Waals surface area contributed by atoms with Crippen LogP contribution < -0.4 is 10.8 Å². The summed E-state index contributed by atoms with van der Waals surface area (Å²) in [4.78, 5) is 39.1. The van der Waals surface area contributed by atoms with Crippen LogP contribution in [0.1, 0.15) is 37.0 Å². The number of benzene rings is 1. The van der Waals surface area contributed by atoms with Crippen molar-refractivity contribution in [1.29, 1.82) is 0 Å². The fourth-order valence-electron chi connectivity index (χ4n) is 2.83. The van der Waals surface area contributed by atoms with Crippen molar-refractivity contribution >= 4 is 28.5 Å². The topological polar surface area (TPSA) is 111 Å². The van der Waals surface area contributed by atoms with Gasteiger partial charge in [-0.15, -0.1) is 0 Å². The van der Waals surface area contributed by atoms with Gasteiger partial charge in [-0.25, -0.2) is 5.48 Å². The molecule has 25 heavy (non-hydrogen) atoms. The van der Waals surface area contributed by atoms with E-state index in [0.717, 1.165) is 10.9 Å². The number of ketones is 1. The van der Waals surface area contributed by atoms with Gasteiger partial charge in [-0.2, -0.15) is 0 Å². The molecule has 2 aromatic rings. The number of rotatable bonds is 8. The molecule has 0 aliphatic carbocycles. The fraction of sp³-hybridized carbons (Fsp3) is 0.389. The van der Waals surface area contributed by atoms with Gasteiger partial charge in [0, 0.05) is 35.0 Å². The molecule has 2 amide bonds. The van der Waals surface area contributed by atoms with E-state index in [1.807, 2.05) is 38.1 Å². The second kappa shape index (κ2) is 8.43. The van der Waals surface area contributed by atoms with Gasteiger partial charge in [0.25, 0.3) is 0 Å².